The van der Waals surface area contributed by atoms with Gasteiger partial charge in [-0.3, -0.25) is 9.69 Å². The van der Waals surface area contributed by atoms with Crippen LogP contribution < -0.4 is 10.5 Å². The number of hydrogen-bond donors (Lipinski definition) is 2. The molecule has 0 atom stereocenters. The van der Waals surface area contributed by atoms with Crippen LogP contribution in [0.15, 0.2) is 29.1 Å². The van der Waals surface area contributed by atoms with Crippen molar-refractivity contribution in [1.82, 2.24) is 9.88 Å². The molecule has 0 spiro atoms. The highest BCUT2D eigenvalue weighted by Crippen LogP contribution is 2.20. The third kappa shape index (κ3) is 2.77. The van der Waals surface area contributed by atoms with Crippen molar-refractivity contribution in [3.63, 3.8) is 0 Å². The highest BCUT2D eigenvalue weighted by molar-refractivity contribution is 5.84. The number of aliphatic hydroxyl groups is 1. The second kappa shape index (κ2) is 5.83. The summed E-state index contributed by atoms with van der Waals surface area (Å²) < 4.78 is 13.9. The fourth-order valence-electron chi connectivity index (χ4n) is 2.76. The monoisotopic (exact) mass is 291 g/mol. The molecule has 1 fully saturated rings. The Labute approximate surface area is 121 Å². The molecule has 1 aromatic heterocycles. The maximum Gasteiger partial charge on any atom is 0.257 e. The van der Waals surface area contributed by atoms with Gasteiger partial charge in [-0.15, -0.1) is 0 Å². The lowest BCUT2D eigenvalue weighted by molar-refractivity contribution is 0.188. The van der Waals surface area contributed by atoms with Gasteiger partial charge in [0.05, 0.1) is 12.0 Å². The Hall–Kier alpha value is -1.92. The van der Waals surface area contributed by atoms with Gasteiger partial charge in [-0.05, 0) is 18.2 Å². The van der Waals surface area contributed by atoms with Crippen LogP contribution in [-0.2, 0) is 0 Å². The zero-order valence-corrected chi connectivity index (χ0v) is 11.7. The minimum atomic E-state index is -0.376. The summed E-state index contributed by atoms with van der Waals surface area (Å²) >= 11 is 0. The number of piperazine rings is 1. The van der Waals surface area contributed by atoms with E-state index < -0.39 is 0 Å². The van der Waals surface area contributed by atoms with E-state index in [4.69, 9.17) is 5.11 Å². The van der Waals surface area contributed by atoms with Crippen molar-refractivity contribution in [3.05, 3.63) is 40.4 Å². The highest BCUT2D eigenvalue weighted by Gasteiger charge is 2.18. The molecule has 0 saturated carbocycles. The van der Waals surface area contributed by atoms with Crippen molar-refractivity contribution in [3.8, 4) is 0 Å². The molecule has 2 aromatic rings. The number of β-amino-alcohol motifs (C(OH)–C–C–N with tert-alkyl or cyclic N) is 1. The van der Waals surface area contributed by atoms with Crippen LogP contribution in [0.3, 0.4) is 0 Å². The Morgan fingerprint density at radius 1 is 1.19 bits per heavy atom. The van der Waals surface area contributed by atoms with Crippen LogP contribution in [-0.4, -0.2) is 54.3 Å². The standard InChI is InChI=1S/C15H18FN3O2/c16-13-3-1-2-11-12(13)10-14(17-15(11)21)19-6-4-18(5-7-19)8-9-20/h1-3,10,20H,4-9H2,(H,17,21). The Morgan fingerprint density at radius 2 is 1.95 bits per heavy atom. The minimum absolute atomic E-state index is 0.151. The Balaban J connectivity index is 1.88. The van der Waals surface area contributed by atoms with E-state index >= 15 is 0 Å². The lowest BCUT2D eigenvalue weighted by Gasteiger charge is -2.35. The van der Waals surface area contributed by atoms with Gasteiger partial charge in [0.25, 0.3) is 5.56 Å². The number of anilines is 1. The second-order valence-electron chi connectivity index (χ2n) is 5.24. The molecule has 2 N–H and O–H groups in total. The summed E-state index contributed by atoms with van der Waals surface area (Å²) in [6.45, 7) is 3.94. The molecule has 0 radical (unpaired) electrons. The first-order valence-electron chi connectivity index (χ1n) is 7.09. The average molecular weight is 291 g/mol. The van der Waals surface area contributed by atoms with Crippen molar-refractivity contribution in [2.24, 2.45) is 0 Å². The van der Waals surface area contributed by atoms with E-state index in [0.29, 0.717) is 23.1 Å². The normalized spacial score (nSPS) is 16.6. The molecule has 112 valence electrons. The Morgan fingerprint density at radius 3 is 2.67 bits per heavy atom. The largest absolute Gasteiger partial charge is 0.395 e. The van der Waals surface area contributed by atoms with Gasteiger partial charge in [0, 0.05) is 38.1 Å². The quantitative estimate of drug-likeness (QED) is 0.877. The maximum atomic E-state index is 13.9. The van der Waals surface area contributed by atoms with E-state index in [0.717, 1.165) is 26.2 Å². The topological polar surface area (TPSA) is 59.6 Å². The fraction of sp³-hybridized carbons (Fsp3) is 0.400. The van der Waals surface area contributed by atoms with Gasteiger partial charge in [0.2, 0.25) is 0 Å². The fourth-order valence-corrected chi connectivity index (χ4v) is 2.76. The summed E-state index contributed by atoms with van der Waals surface area (Å²) in [5.74, 6) is 0.278. The first-order chi connectivity index (χ1) is 10.2. The number of nitrogens with one attached hydrogen (secondary N) is 1. The van der Waals surface area contributed by atoms with Crippen LogP contribution >= 0.6 is 0 Å². The minimum Gasteiger partial charge on any atom is -0.395 e. The summed E-state index contributed by atoms with van der Waals surface area (Å²) in [6.07, 6.45) is 0. The molecular weight excluding hydrogens is 273 g/mol. The molecule has 1 aliphatic heterocycles. The van der Waals surface area contributed by atoms with Crippen molar-refractivity contribution >= 4 is 16.6 Å². The van der Waals surface area contributed by atoms with Crippen LogP contribution in [0.25, 0.3) is 10.8 Å². The number of aromatic amines is 1. The summed E-state index contributed by atoms with van der Waals surface area (Å²) in [4.78, 5) is 19.1. The van der Waals surface area contributed by atoms with Crippen LogP contribution in [0.4, 0.5) is 10.2 Å². The number of H-pyrrole nitrogens is 1. The lowest BCUT2D eigenvalue weighted by Crippen LogP contribution is -2.47. The molecule has 1 aliphatic rings. The number of nitrogens with zero attached hydrogens (tertiary/aromatic N) is 2. The predicted molar refractivity (Wildman–Crippen MR) is 80.3 cm³/mol. The smallest absolute Gasteiger partial charge is 0.257 e. The number of hydrogen-bond acceptors (Lipinski definition) is 4. The number of benzene rings is 1. The molecule has 6 heteroatoms. The molecular formula is C15H18FN3O2. The molecule has 0 unspecified atom stereocenters. The van der Waals surface area contributed by atoms with Crippen LogP contribution in [0.5, 0.6) is 0 Å². The van der Waals surface area contributed by atoms with Gasteiger partial charge in [0.1, 0.15) is 11.6 Å². The van der Waals surface area contributed by atoms with Gasteiger partial charge in [-0.1, -0.05) is 6.07 Å². The summed E-state index contributed by atoms with van der Waals surface area (Å²) in [6, 6.07) is 6.24. The molecule has 0 bridgehead atoms. The first-order valence-corrected chi connectivity index (χ1v) is 7.09. The van der Waals surface area contributed by atoms with Gasteiger partial charge < -0.3 is 15.0 Å². The number of halogens is 1. The zero-order valence-electron chi connectivity index (χ0n) is 11.7. The number of rotatable bonds is 3. The van der Waals surface area contributed by atoms with Crippen LogP contribution in [0, 0.1) is 5.82 Å². The van der Waals surface area contributed by atoms with Crippen molar-refractivity contribution in [1.29, 1.82) is 0 Å². The SMILES string of the molecule is O=c1[nH]c(N2CCN(CCO)CC2)cc2c(F)cccc12. The zero-order chi connectivity index (χ0) is 14.8. The predicted octanol–water partition coefficient (Wildman–Crippen LogP) is 0.781. The summed E-state index contributed by atoms with van der Waals surface area (Å²) in [5.41, 5.74) is -0.264. The van der Waals surface area contributed by atoms with Crippen molar-refractivity contribution in [2.45, 2.75) is 0 Å². The third-order valence-electron chi connectivity index (χ3n) is 3.95. The van der Waals surface area contributed by atoms with E-state index in [1.54, 1.807) is 18.2 Å². The number of pyridine rings is 1. The van der Waals surface area contributed by atoms with E-state index in [9.17, 15) is 9.18 Å². The molecule has 0 aliphatic carbocycles. The van der Waals surface area contributed by atoms with Crippen LogP contribution in [0.2, 0.25) is 0 Å². The van der Waals surface area contributed by atoms with Gasteiger partial charge in [-0.25, -0.2) is 4.39 Å². The lowest BCUT2D eigenvalue weighted by atomic mass is 10.1. The highest BCUT2D eigenvalue weighted by atomic mass is 19.1. The van der Waals surface area contributed by atoms with Gasteiger partial charge >= 0.3 is 0 Å². The maximum absolute atomic E-state index is 13.9. The molecule has 5 nitrogen and oxygen atoms in total. The van der Waals surface area contributed by atoms with Crippen LogP contribution in [0.1, 0.15) is 0 Å². The van der Waals surface area contributed by atoms with E-state index in [1.807, 2.05) is 4.90 Å². The third-order valence-corrected chi connectivity index (χ3v) is 3.95. The number of aliphatic hydroxyl groups excluding tert-OH is 1. The number of fused-ring (bicyclic) bond motifs is 1. The molecule has 21 heavy (non-hydrogen) atoms. The van der Waals surface area contributed by atoms with Crippen molar-refractivity contribution < 1.29 is 9.50 Å². The molecule has 3 rings (SSSR count). The second-order valence-corrected chi connectivity index (χ2v) is 5.24. The molecule has 1 saturated heterocycles. The van der Waals surface area contributed by atoms with E-state index in [-0.39, 0.29) is 18.0 Å². The molecule has 2 heterocycles. The molecule has 1 aromatic carbocycles. The summed E-state index contributed by atoms with van der Waals surface area (Å²) in [5, 5.41) is 9.67. The number of aromatic nitrogens is 1. The van der Waals surface area contributed by atoms with E-state index in [1.165, 1.54) is 6.07 Å². The van der Waals surface area contributed by atoms with E-state index in [2.05, 4.69) is 9.88 Å². The molecule has 0 amide bonds. The summed E-state index contributed by atoms with van der Waals surface area (Å²) in [7, 11) is 0. The average Bonchev–Trinajstić information content (AvgIpc) is 2.49. The van der Waals surface area contributed by atoms with Gasteiger partial charge in [0.15, 0.2) is 0 Å². The Kier molecular flexibility index (Phi) is 3.90. The first kappa shape index (κ1) is 14.0. The van der Waals surface area contributed by atoms with Crippen molar-refractivity contribution in [2.75, 3.05) is 44.2 Å². The van der Waals surface area contributed by atoms with Gasteiger partial charge in [-0.2, -0.15) is 0 Å². The Bertz CT molecular complexity index is 693.